The SMILES string of the molecule is C=C(Oc1ccc(Cl)cc1C(C)NC(C)=O)C(=O)NCc1ccc(OC)cc1OC. The Balaban J connectivity index is 2.08. The smallest absolute Gasteiger partial charge is 0.286 e. The molecular formula is C22H25ClN2O5. The summed E-state index contributed by atoms with van der Waals surface area (Å²) in [6.07, 6.45) is 0. The normalized spacial score (nSPS) is 11.2. The minimum absolute atomic E-state index is 0.0962. The molecule has 1 unspecified atom stereocenters. The molecule has 0 aliphatic heterocycles. The Morgan fingerprint density at radius 1 is 1.10 bits per heavy atom. The molecule has 2 N–H and O–H groups in total. The molecule has 0 heterocycles. The van der Waals surface area contributed by atoms with Crippen molar-refractivity contribution < 1.29 is 23.8 Å². The lowest BCUT2D eigenvalue weighted by molar-refractivity contribution is -0.120. The third kappa shape index (κ3) is 6.15. The van der Waals surface area contributed by atoms with Crippen LogP contribution in [0, 0.1) is 0 Å². The molecule has 30 heavy (non-hydrogen) atoms. The molecule has 7 nitrogen and oxygen atoms in total. The maximum Gasteiger partial charge on any atom is 0.286 e. The van der Waals surface area contributed by atoms with Crippen molar-refractivity contribution in [1.29, 1.82) is 0 Å². The number of rotatable bonds is 9. The number of hydrogen-bond acceptors (Lipinski definition) is 5. The van der Waals surface area contributed by atoms with Crippen molar-refractivity contribution in [3.63, 3.8) is 0 Å². The Morgan fingerprint density at radius 2 is 1.83 bits per heavy atom. The molecule has 0 aliphatic carbocycles. The second kappa shape index (κ2) is 10.5. The number of benzene rings is 2. The van der Waals surface area contributed by atoms with Gasteiger partial charge in [-0.1, -0.05) is 18.2 Å². The van der Waals surface area contributed by atoms with Crippen LogP contribution in [0.5, 0.6) is 17.2 Å². The van der Waals surface area contributed by atoms with Crippen molar-refractivity contribution in [2.45, 2.75) is 26.4 Å². The van der Waals surface area contributed by atoms with E-state index < -0.39 is 5.91 Å². The number of methoxy groups -OCH3 is 2. The van der Waals surface area contributed by atoms with Gasteiger partial charge < -0.3 is 24.8 Å². The maximum absolute atomic E-state index is 12.5. The Hall–Kier alpha value is -3.19. The van der Waals surface area contributed by atoms with Crippen LogP contribution < -0.4 is 24.8 Å². The van der Waals surface area contributed by atoms with Crippen molar-refractivity contribution >= 4 is 23.4 Å². The number of carbonyl (C=O) groups is 2. The van der Waals surface area contributed by atoms with Gasteiger partial charge in [0.05, 0.1) is 20.3 Å². The topological polar surface area (TPSA) is 85.9 Å². The standard InChI is InChI=1S/C22H25ClN2O5/c1-13(25-15(3)26)19-10-17(23)7-9-20(19)30-14(2)22(27)24-12-16-6-8-18(28-4)11-21(16)29-5/h6-11,13H,2,12H2,1,3-5H3,(H,24,27)(H,25,26). The molecule has 2 rings (SSSR count). The lowest BCUT2D eigenvalue weighted by atomic mass is 10.1. The van der Waals surface area contributed by atoms with Crippen LogP contribution in [0.3, 0.4) is 0 Å². The fraction of sp³-hybridized carbons (Fsp3) is 0.273. The largest absolute Gasteiger partial charge is 0.497 e. The molecule has 0 spiro atoms. The summed E-state index contributed by atoms with van der Waals surface area (Å²) < 4.78 is 16.2. The van der Waals surface area contributed by atoms with Gasteiger partial charge in [-0.2, -0.15) is 0 Å². The average molecular weight is 433 g/mol. The Bertz CT molecular complexity index is 945. The summed E-state index contributed by atoms with van der Waals surface area (Å²) in [4.78, 5) is 23.9. The number of hydrogen-bond donors (Lipinski definition) is 2. The molecule has 1 atom stereocenters. The average Bonchev–Trinajstić information content (AvgIpc) is 2.72. The van der Waals surface area contributed by atoms with Crippen LogP contribution in [0.4, 0.5) is 0 Å². The van der Waals surface area contributed by atoms with E-state index in [2.05, 4.69) is 17.2 Å². The minimum Gasteiger partial charge on any atom is -0.497 e. The zero-order chi connectivity index (χ0) is 22.3. The van der Waals surface area contributed by atoms with E-state index >= 15 is 0 Å². The third-order valence-electron chi connectivity index (χ3n) is 4.28. The van der Waals surface area contributed by atoms with E-state index in [-0.39, 0.29) is 24.3 Å². The number of nitrogens with one attached hydrogen (secondary N) is 2. The second-order valence-corrected chi connectivity index (χ2v) is 6.93. The van der Waals surface area contributed by atoms with Crippen molar-refractivity contribution in [3.05, 3.63) is 64.9 Å². The lowest BCUT2D eigenvalue weighted by Gasteiger charge is -2.18. The molecule has 0 bridgehead atoms. The molecule has 8 heteroatoms. The van der Waals surface area contributed by atoms with Gasteiger partial charge in [0, 0.05) is 35.7 Å². The van der Waals surface area contributed by atoms with E-state index in [1.54, 1.807) is 57.5 Å². The maximum atomic E-state index is 12.5. The highest BCUT2D eigenvalue weighted by Gasteiger charge is 2.17. The van der Waals surface area contributed by atoms with E-state index in [0.717, 1.165) is 5.56 Å². The summed E-state index contributed by atoms with van der Waals surface area (Å²) in [7, 11) is 3.11. The van der Waals surface area contributed by atoms with Gasteiger partial charge >= 0.3 is 0 Å². The molecule has 0 aromatic heterocycles. The molecule has 2 amide bonds. The molecule has 0 saturated carbocycles. The van der Waals surface area contributed by atoms with Gasteiger partial charge in [0.2, 0.25) is 5.91 Å². The first-order valence-electron chi connectivity index (χ1n) is 9.17. The molecule has 0 fully saturated rings. The summed E-state index contributed by atoms with van der Waals surface area (Å²) in [5, 5.41) is 5.99. The zero-order valence-corrected chi connectivity index (χ0v) is 18.1. The Kier molecular flexibility index (Phi) is 8.12. The molecule has 2 aromatic carbocycles. The predicted octanol–water partition coefficient (Wildman–Crippen LogP) is 3.76. The van der Waals surface area contributed by atoms with Crippen LogP contribution in [0.1, 0.15) is 31.0 Å². The Morgan fingerprint density at radius 3 is 2.47 bits per heavy atom. The van der Waals surface area contributed by atoms with Gasteiger partial charge in [-0.05, 0) is 37.3 Å². The van der Waals surface area contributed by atoms with Crippen LogP contribution in [0.25, 0.3) is 0 Å². The quantitative estimate of drug-likeness (QED) is 0.465. The van der Waals surface area contributed by atoms with Crippen LogP contribution in [-0.2, 0) is 16.1 Å². The van der Waals surface area contributed by atoms with Crippen LogP contribution in [-0.4, -0.2) is 26.0 Å². The van der Waals surface area contributed by atoms with Gasteiger partial charge in [0.1, 0.15) is 17.2 Å². The highest BCUT2D eigenvalue weighted by Crippen LogP contribution is 2.30. The summed E-state index contributed by atoms with van der Waals surface area (Å²) >= 11 is 6.07. The van der Waals surface area contributed by atoms with Crippen LogP contribution >= 0.6 is 11.6 Å². The fourth-order valence-corrected chi connectivity index (χ4v) is 2.96. The van der Waals surface area contributed by atoms with E-state index in [1.807, 2.05) is 0 Å². The first-order chi connectivity index (χ1) is 14.2. The van der Waals surface area contributed by atoms with E-state index in [4.69, 9.17) is 25.8 Å². The van der Waals surface area contributed by atoms with E-state index in [9.17, 15) is 9.59 Å². The monoisotopic (exact) mass is 432 g/mol. The van der Waals surface area contributed by atoms with Gasteiger partial charge in [-0.15, -0.1) is 0 Å². The van der Waals surface area contributed by atoms with Crippen molar-refractivity contribution in [2.75, 3.05) is 14.2 Å². The highest BCUT2D eigenvalue weighted by atomic mass is 35.5. The van der Waals surface area contributed by atoms with Crippen molar-refractivity contribution in [3.8, 4) is 17.2 Å². The second-order valence-electron chi connectivity index (χ2n) is 6.49. The Labute approximate surface area is 181 Å². The number of ether oxygens (including phenoxy) is 3. The molecular weight excluding hydrogens is 408 g/mol. The predicted molar refractivity (Wildman–Crippen MR) is 115 cm³/mol. The molecule has 160 valence electrons. The van der Waals surface area contributed by atoms with Gasteiger partial charge in [-0.3, -0.25) is 9.59 Å². The van der Waals surface area contributed by atoms with Gasteiger partial charge in [0.15, 0.2) is 5.76 Å². The van der Waals surface area contributed by atoms with Crippen molar-refractivity contribution in [2.24, 2.45) is 0 Å². The first kappa shape index (κ1) is 23.1. The van der Waals surface area contributed by atoms with Crippen LogP contribution in [0.2, 0.25) is 5.02 Å². The highest BCUT2D eigenvalue weighted by molar-refractivity contribution is 6.30. The first-order valence-corrected chi connectivity index (χ1v) is 9.55. The summed E-state index contributed by atoms with van der Waals surface area (Å²) in [5.41, 5.74) is 1.40. The lowest BCUT2D eigenvalue weighted by Crippen LogP contribution is -2.27. The minimum atomic E-state index is -0.485. The fourth-order valence-electron chi connectivity index (χ4n) is 2.78. The zero-order valence-electron chi connectivity index (χ0n) is 17.4. The van der Waals surface area contributed by atoms with Crippen molar-refractivity contribution in [1.82, 2.24) is 10.6 Å². The molecule has 0 saturated heterocycles. The van der Waals surface area contributed by atoms with E-state index in [0.29, 0.717) is 27.8 Å². The van der Waals surface area contributed by atoms with Crippen LogP contribution in [0.15, 0.2) is 48.7 Å². The summed E-state index contributed by atoms with van der Waals surface area (Å²) in [5.74, 6) is 0.840. The number of halogens is 1. The number of amides is 2. The number of carbonyl (C=O) groups excluding carboxylic acids is 2. The van der Waals surface area contributed by atoms with E-state index in [1.165, 1.54) is 6.92 Å². The molecule has 0 radical (unpaired) electrons. The third-order valence-corrected chi connectivity index (χ3v) is 4.51. The summed E-state index contributed by atoms with van der Waals surface area (Å²) in [6, 6.07) is 9.87. The van der Waals surface area contributed by atoms with Gasteiger partial charge in [0.25, 0.3) is 5.91 Å². The van der Waals surface area contributed by atoms with Gasteiger partial charge in [-0.25, -0.2) is 0 Å². The summed E-state index contributed by atoms with van der Waals surface area (Å²) in [6.45, 7) is 7.13. The molecule has 0 aliphatic rings. The molecule has 2 aromatic rings.